The minimum atomic E-state index is -0.461. The summed E-state index contributed by atoms with van der Waals surface area (Å²) in [6.45, 7) is 0.423. The van der Waals surface area contributed by atoms with Crippen LogP contribution < -0.4 is 19.6 Å². The first-order valence-corrected chi connectivity index (χ1v) is 12.8. The normalized spacial score (nSPS) is 14.5. The highest BCUT2D eigenvalue weighted by atomic mass is 16.5. The van der Waals surface area contributed by atoms with Crippen molar-refractivity contribution in [3.05, 3.63) is 124 Å². The van der Waals surface area contributed by atoms with E-state index in [1.165, 1.54) is 6.26 Å². The zero-order valence-corrected chi connectivity index (χ0v) is 21.4. The Kier molecular flexibility index (Phi) is 6.59. The molecule has 0 N–H and O–H groups in total. The average Bonchev–Trinajstić information content (AvgIpc) is 2.97. The molecule has 0 radical (unpaired) electrons. The third-order valence-corrected chi connectivity index (χ3v) is 7.05. The number of benzene rings is 4. The summed E-state index contributed by atoms with van der Waals surface area (Å²) in [5.41, 5.74) is 4.06. The number of rotatable bonds is 7. The smallest absolute Gasteiger partial charge is 0.312 e. The Hall–Kier alpha value is -4.84. The van der Waals surface area contributed by atoms with Crippen LogP contribution in [0.4, 0.5) is 0 Å². The van der Waals surface area contributed by atoms with E-state index in [1.54, 1.807) is 19.2 Å². The van der Waals surface area contributed by atoms with Crippen LogP contribution in [0.5, 0.6) is 17.2 Å². The van der Waals surface area contributed by atoms with Crippen molar-refractivity contribution in [1.82, 2.24) is 0 Å². The number of methoxy groups -OCH3 is 1. The topological polar surface area (TPSA) is 75.0 Å². The highest BCUT2D eigenvalue weighted by Crippen LogP contribution is 2.47. The molecule has 0 amide bonds. The highest BCUT2D eigenvalue weighted by Gasteiger charge is 2.34. The summed E-state index contributed by atoms with van der Waals surface area (Å²) in [6.07, 6.45) is 2.26. The second kappa shape index (κ2) is 10.5. The van der Waals surface area contributed by atoms with Crippen molar-refractivity contribution in [3.8, 4) is 28.4 Å². The van der Waals surface area contributed by atoms with Crippen LogP contribution in [0.3, 0.4) is 0 Å². The van der Waals surface area contributed by atoms with Crippen LogP contribution in [0.2, 0.25) is 0 Å². The van der Waals surface area contributed by atoms with Crippen molar-refractivity contribution < 1.29 is 23.4 Å². The maximum Gasteiger partial charge on any atom is 0.312 e. The third-order valence-electron chi connectivity index (χ3n) is 7.05. The van der Waals surface area contributed by atoms with E-state index < -0.39 is 5.92 Å². The van der Waals surface area contributed by atoms with E-state index in [0.29, 0.717) is 52.4 Å². The van der Waals surface area contributed by atoms with E-state index >= 15 is 0 Å². The second-order valence-electron chi connectivity index (χ2n) is 9.39. The first kappa shape index (κ1) is 24.5. The summed E-state index contributed by atoms with van der Waals surface area (Å²) in [5, 5.41) is 0.424. The Morgan fingerprint density at radius 3 is 2.41 bits per heavy atom. The maximum atomic E-state index is 13.6. The SMILES string of the molecule is COc1cccc(C2CC(=O)Oc3ccc4c(=O)c(-c5ccccc5)coc4c32)c1OCCc1ccccc1. The summed E-state index contributed by atoms with van der Waals surface area (Å²) >= 11 is 0. The molecule has 0 fully saturated rings. The molecule has 194 valence electrons. The van der Waals surface area contributed by atoms with Gasteiger partial charge in [0.15, 0.2) is 11.5 Å². The molecular formula is C33H26O6. The van der Waals surface area contributed by atoms with Gasteiger partial charge in [0.1, 0.15) is 17.6 Å². The van der Waals surface area contributed by atoms with Crippen LogP contribution in [0.15, 0.2) is 106 Å². The van der Waals surface area contributed by atoms with Gasteiger partial charge in [0.2, 0.25) is 5.43 Å². The zero-order chi connectivity index (χ0) is 26.8. The molecule has 6 heteroatoms. The largest absolute Gasteiger partial charge is 0.493 e. The van der Waals surface area contributed by atoms with Crippen LogP contribution in [-0.2, 0) is 11.2 Å². The molecular weight excluding hydrogens is 492 g/mol. The predicted octanol–water partition coefficient (Wildman–Crippen LogP) is 6.53. The van der Waals surface area contributed by atoms with Crippen molar-refractivity contribution in [2.24, 2.45) is 0 Å². The standard InChI is InChI=1S/C33H26O6/c1-36-28-14-8-13-23(32(28)37-18-17-21-9-4-2-5-10-21)25-19-29(34)39-27-16-15-24-31(35)26(20-38-33(24)30(25)27)22-11-6-3-7-12-22/h2-16,20,25H,17-19H2,1H3. The van der Waals surface area contributed by atoms with Crippen molar-refractivity contribution in [3.63, 3.8) is 0 Å². The lowest BCUT2D eigenvalue weighted by atomic mass is 9.84. The van der Waals surface area contributed by atoms with E-state index in [2.05, 4.69) is 12.1 Å². The molecule has 6 rings (SSSR count). The Morgan fingerprint density at radius 1 is 0.872 bits per heavy atom. The Morgan fingerprint density at radius 2 is 1.64 bits per heavy atom. The molecule has 1 unspecified atom stereocenters. The lowest BCUT2D eigenvalue weighted by Gasteiger charge is -2.27. The van der Waals surface area contributed by atoms with Crippen molar-refractivity contribution in [2.45, 2.75) is 18.8 Å². The van der Waals surface area contributed by atoms with Gasteiger partial charge in [-0.1, -0.05) is 72.8 Å². The van der Waals surface area contributed by atoms with Gasteiger partial charge in [0.05, 0.1) is 31.1 Å². The summed E-state index contributed by atoms with van der Waals surface area (Å²) in [6, 6.07) is 28.4. The molecule has 5 aromatic rings. The number of carbonyl (C=O) groups excluding carboxylic acids is 1. The minimum absolute atomic E-state index is 0.0679. The van der Waals surface area contributed by atoms with Gasteiger partial charge in [-0.25, -0.2) is 0 Å². The quantitative estimate of drug-likeness (QED) is 0.180. The first-order valence-electron chi connectivity index (χ1n) is 12.8. The molecule has 0 aliphatic carbocycles. The molecule has 0 bridgehead atoms. The van der Waals surface area contributed by atoms with Crippen LogP contribution in [-0.4, -0.2) is 19.7 Å². The fraction of sp³-hybridized carbons (Fsp3) is 0.152. The van der Waals surface area contributed by atoms with Crippen LogP contribution in [0.25, 0.3) is 22.1 Å². The number of carbonyl (C=O) groups is 1. The summed E-state index contributed by atoms with van der Waals surface area (Å²) in [7, 11) is 1.59. The van der Waals surface area contributed by atoms with Crippen molar-refractivity contribution in [2.75, 3.05) is 13.7 Å². The molecule has 0 spiro atoms. The maximum absolute atomic E-state index is 13.6. The monoisotopic (exact) mass is 518 g/mol. The van der Waals surface area contributed by atoms with Gasteiger partial charge in [-0.3, -0.25) is 9.59 Å². The molecule has 1 aromatic heterocycles. The van der Waals surface area contributed by atoms with Crippen molar-refractivity contribution >= 4 is 16.9 Å². The second-order valence-corrected chi connectivity index (χ2v) is 9.39. The third kappa shape index (κ3) is 4.66. The number of hydrogen-bond acceptors (Lipinski definition) is 6. The summed E-state index contributed by atoms with van der Waals surface area (Å²) in [5.74, 6) is 0.666. The number of esters is 1. The van der Waals surface area contributed by atoms with Crippen LogP contribution >= 0.6 is 0 Å². The molecule has 2 heterocycles. The predicted molar refractivity (Wildman–Crippen MR) is 149 cm³/mol. The lowest BCUT2D eigenvalue weighted by Crippen LogP contribution is -2.22. The van der Waals surface area contributed by atoms with E-state index in [0.717, 1.165) is 16.7 Å². The average molecular weight is 519 g/mol. The molecule has 6 nitrogen and oxygen atoms in total. The lowest BCUT2D eigenvalue weighted by molar-refractivity contribution is -0.135. The van der Waals surface area contributed by atoms with Gasteiger partial charge in [-0.05, 0) is 29.3 Å². The first-order chi connectivity index (χ1) is 19.1. The van der Waals surface area contributed by atoms with E-state index in [-0.39, 0.29) is 17.8 Å². The van der Waals surface area contributed by atoms with Crippen LogP contribution in [0.1, 0.15) is 29.0 Å². The molecule has 39 heavy (non-hydrogen) atoms. The Labute approximate surface area is 225 Å². The van der Waals surface area contributed by atoms with Gasteiger partial charge in [0.25, 0.3) is 0 Å². The molecule has 1 atom stereocenters. The summed E-state index contributed by atoms with van der Waals surface area (Å²) < 4.78 is 23.7. The van der Waals surface area contributed by atoms with Gasteiger partial charge >= 0.3 is 5.97 Å². The van der Waals surface area contributed by atoms with Gasteiger partial charge < -0.3 is 18.6 Å². The van der Waals surface area contributed by atoms with Gasteiger partial charge in [-0.2, -0.15) is 0 Å². The van der Waals surface area contributed by atoms with Crippen molar-refractivity contribution in [1.29, 1.82) is 0 Å². The van der Waals surface area contributed by atoms with Gasteiger partial charge in [-0.15, -0.1) is 0 Å². The molecule has 0 saturated carbocycles. The number of fused-ring (bicyclic) bond motifs is 3. The van der Waals surface area contributed by atoms with Crippen LogP contribution in [0, 0.1) is 0 Å². The van der Waals surface area contributed by atoms with E-state index in [1.807, 2.05) is 66.7 Å². The van der Waals surface area contributed by atoms with E-state index in [9.17, 15) is 9.59 Å². The van der Waals surface area contributed by atoms with Gasteiger partial charge in [0, 0.05) is 23.5 Å². The minimum Gasteiger partial charge on any atom is -0.493 e. The fourth-order valence-electron chi connectivity index (χ4n) is 5.18. The number of ether oxygens (including phenoxy) is 3. The Bertz CT molecular complexity index is 1710. The highest BCUT2D eigenvalue weighted by molar-refractivity contribution is 5.90. The molecule has 1 aliphatic heterocycles. The fourth-order valence-corrected chi connectivity index (χ4v) is 5.18. The molecule has 1 aliphatic rings. The molecule has 4 aromatic carbocycles. The number of para-hydroxylation sites is 1. The van der Waals surface area contributed by atoms with E-state index in [4.69, 9.17) is 18.6 Å². The summed E-state index contributed by atoms with van der Waals surface area (Å²) in [4.78, 5) is 26.3. The zero-order valence-electron chi connectivity index (χ0n) is 21.4. The molecule has 0 saturated heterocycles. The Balaban J connectivity index is 1.45. The number of hydrogen-bond donors (Lipinski definition) is 0.